The molecule has 2 heterocycles. The highest BCUT2D eigenvalue weighted by atomic mass is 32.2. The Morgan fingerprint density at radius 3 is 2.38 bits per heavy atom. The summed E-state index contributed by atoms with van der Waals surface area (Å²) < 4.78 is 54.8. The average Bonchev–Trinajstić information content (AvgIpc) is 3.34. The minimum atomic E-state index is -4.49. The summed E-state index contributed by atoms with van der Waals surface area (Å²) in [5.74, 6) is -0.313. The molecule has 1 aromatic heterocycles. The molecule has 2 atom stereocenters. The maximum atomic E-state index is 13.0. The van der Waals surface area contributed by atoms with Gasteiger partial charge in [-0.1, -0.05) is 24.3 Å². The predicted octanol–water partition coefficient (Wildman–Crippen LogP) is 4.09. The van der Waals surface area contributed by atoms with Crippen LogP contribution in [0.2, 0.25) is 0 Å². The van der Waals surface area contributed by atoms with Gasteiger partial charge in [-0.25, -0.2) is 8.51 Å². The van der Waals surface area contributed by atoms with Crippen LogP contribution in [0.5, 0.6) is 5.75 Å². The molecule has 2 N–H and O–H groups in total. The second-order valence-electron chi connectivity index (χ2n) is 8.11. The highest BCUT2D eigenvalue weighted by Gasteiger charge is 2.30. The molecular weight excluding hydrogens is 469 g/mol. The fraction of sp³-hybridized carbons (Fsp3) is 0.292. The lowest BCUT2D eigenvalue weighted by atomic mass is 9.99. The fourth-order valence-electron chi connectivity index (χ4n) is 3.92. The van der Waals surface area contributed by atoms with Gasteiger partial charge >= 0.3 is 6.18 Å². The number of rotatable bonds is 6. The number of aliphatic hydroxyl groups is 1. The molecule has 0 aliphatic carbocycles. The van der Waals surface area contributed by atoms with Crippen molar-refractivity contribution in [3.63, 3.8) is 0 Å². The minimum absolute atomic E-state index is 0.119. The lowest BCUT2D eigenvalue weighted by Crippen LogP contribution is -2.26. The summed E-state index contributed by atoms with van der Waals surface area (Å²) in [4.78, 5) is 12.7. The molecule has 1 aliphatic heterocycles. The number of hydrogen-bond acceptors (Lipinski definition) is 4. The first-order valence-electron chi connectivity index (χ1n) is 10.7. The number of aliphatic hydroxyl groups excluding tert-OH is 1. The van der Waals surface area contributed by atoms with Crippen LogP contribution >= 0.6 is 0 Å². The van der Waals surface area contributed by atoms with Crippen LogP contribution in [0.3, 0.4) is 0 Å². The van der Waals surface area contributed by atoms with Gasteiger partial charge in [0.05, 0.1) is 17.0 Å². The van der Waals surface area contributed by atoms with E-state index in [9.17, 15) is 32.4 Å². The first-order chi connectivity index (χ1) is 16.1. The van der Waals surface area contributed by atoms with Crippen molar-refractivity contribution in [2.24, 2.45) is 0 Å². The molecule has 0 bridgehead atoms. The number of pyridine rings is 1. The number of halogens is 3. The van der Waals surface area contributed by atoms with Gasteiger partial charge in [0, 0.05) is 30.9 Å². The summed E-state index contributed by atoms with van der Waals surface area (Å²) in [7, 11) is -1.41. The quantitative estimate of drug-likeness (QED) is 0.543. The average molecular weight is 493 g/mol. The van der Waals surface area contributed by atoms with E-state index in [0.29, 0.717) is 23.5 Å². The lowest BCUT2D eigenvalue weighted by molar-refractivity contribution is -0.137. The fourth-order valence-corrected chi connectivity index (χ4v) is 5.21. The van der Waals surface area contributed by atoms with Gasteiger partial charge in [-0.05, 0) is 48.2 Å². The molecule has 2 aromatic carbocycles. The van der Waals surface area contributed by atoms with Crippen molar-refractivity contribution in [2.75, 3.05) is 13.1 Å². The van der Waals surface area contributed by atoms with Gasteiger partial charge in [0.1, 0.15) is 22.8 Å². The summed E-state index contributed by atoms with van der Waals surface area (Å²) in [6.45, 7) is 1.22. The van der Waals surface area contributed by atoms with E-state index in [1.165, 1.54) is 53.2 Å². The Hall–Kier alpha value is -2.95. The largest absolute Gasteiger partial charge is 0.508 e. The van der Waals surface area contributed by atoms with E-state index in [0.717, 1.165) is 25.0 Å². The van der Waals surface area contributed by atoms with Crippen LogP contribution in [0.25, 0.3) is 11.1 Å². The van der Waals surface area contributed by atoms with Crippen molar-refractivity contribution in [1.82, 2.24) is 8.87 Å². The van der Waals surface area contributed by atoms with Crippen LogP contribution < -0.4 is 5.56 Å². The van der Waals surface area contributed by atoms with E-state index in [-0.39, 0.29) is 23.4 Å². The molecule has 6 nitrogen and oxygen atoms in total. The van der Waals surface area contributed by atoms with Gasteiger partial charge in [0.2, 0.25) is 0 Å². The molecule has 0 amide bonds. The number of nitrogens with zero attached hydrogens (tertiary/aromatic N) is 2. The number of hydrogen-bond donors (Lipinski definition) is 2. The molecule has 10 heteroatoms. The zero-order valence-corrected chi connectivity index (χ0v) is 18.9. The lowest BCUT2D eigenvalue weighted by Gasteiger charge is -2.18. The monoisotopic (exact) mass is 492 g/mol. The smallest absolute Gasteiger partial charge is 0.416 e. The minimum Gasteiger partial charge on any atom is -0.508 e. The molecule has 0 saturated carbocycles. The molecule has 0 radical (unpaired) electrons. The van der Waals surface area contributed by atoms with Crippen molar-refractivity contribution in [3.8, 4) is 16.9 Å². The third-order valence-corrected chi connectivity index (χ3v) is 7.22. The summed E-state index contributed by atoms with van der Waals surface area (Å²) in [6, 6.07) is 11.7. The summed E-state index contributed by atoms with van der Waals surface area (Å²) in [5, 5.41) is 21.1. The van der Waals surface area contributed by atoms with Crippen LogP contribution in [-0.2, 0) is 23.7 Å². The Kier molecular flexibility index (Phi) is 6.92. The summed E-state index contributed by atoms with van der Waals surface area (Å²) in [5.41, 5.74) is -0.478. The van der Waals surface area contributed by atoms with Gasteiger partial charge in [-0.2, -0.15) is 13.2 Å². The van der Waals surface area contributed by atoms with Crippen LogP contribution in [0.4, 0.5) is 13.2 Å². The SMILES string of the molecule is O=c1ccc(S(=O)N2CCCC2)cn1CC(O)c1ccc(-c2cccc(C(F)(F)F)c2)cc1O. The molecule has 4 rings (SSSR count). The van der Waals surface area contributed by atoms with Crippen LogP contribution in [0.15, 0.2) is 70.5 Å². The topological polar surface area (TPSA) is 82.8 Å². The molecule has 1 aliphatic rings. The van der Waals surface area contributed by atoms with Gasteiger partial charge < -0.3 is 14.8 Å². The summed E-state index contributed by atoms with van der Waals surface area (Å²) in [6.07, 6.45) is -2.41. The third kappa shape index (κ3) is 5.24. The third-order valence-electron chi connectivity index (χ3n) is 5.74. The highest BCUT2D eigenvalue weighted by molar-refractivity contribution is 7.82. The number of aromatic hydroxyl groups is 1. The van der Waals surface area contributed by atoms with Gasteiger partial charge in [0.25, 0.3) is 5.56 Å². The van der Waals surface area contributed by atoms with E-state index in [4.69, 9.17) is 0 Å². The van der Waals surface area contributed by atoms with Crippen molar-refractivity contribution < 1.29 is 27.6 Å². The maximum absolute atomic E-state index is 13.0. The van der Waals surface area contributed by atoms with Crippen LogP contribution in [-0.4, -0.2) is 36.4 Å². The molecule has 1 saturated heterocycles. The standard InChI is InChI=1S/C24H23F3N2O4S/c25-24(26,27)18-5-3-4-16(12-18)17-6-8-20(21(30)13-17)22(31)15-28-14-19(7-9-23(28)32)34(33)29-10-1-2-11-29/h3-9,12-14,22,30-31H,1-2,10-11,15H2. The van der Waals surface area contributed by atoms with E-state index in [2.05, 4.69) is 0 Å². The molecule has 2 unspecified atom stereocenters. The highest BCUT2D eigenvalue weighted by Crippen LogP contribution is 2.35. The van der Waals surface area contributed by atoms with Crippen molar-refractivity contribution in [1.29, 1.82) is 0 Å². The molecule has 0 spiro atoms. The van der Waals surface area contributed by atoms with Gasteiger partial charge in [-0.15, -0.1) is 0 Å². The zero-order chi connectivity index (χ0) is 24.5. The van der Waals surface area contributed by atoms with Crippen molar-refractivity contribution in [3.05, 3.63) is 82.3 Å². The van der Waals surface area contributed by atoms with Crippen LogP contribution in [0, 0.1) is 0 Å². The molecule has 3 aromatic rings. The Balaban J connectivity index is 1.55. The molecule has 180 valence electrons. The van der Waals surface area contributed by atoms with Crippen LogP contribution in [0.1, 0.15) is 30.1 Å². The normalized spacial score (nSPS) is 16.5. The number of aromatic nitrogens is 1. The Labute approximate surface area is 196 Å². The summed E-state index contributed by atoms with van der Waals surface area (Å²) >= 11 is 0. The molecule has 34 heavy (non-hydrogen) atoms. The van der Waals surface area contributed by atoms with E-state index in [1.54, 1.807) is 0 Å². The van der Waals surface area contributed by atoms with Crippen molar-refractivity contribution >= 4 is 11.0 Å². The number of benzene rings is 2. The van der Waals surface area contributed by atoms with Gasteiger partial charge in [-0.3, -0.25) is 4.79 Å². The van der Waals surface area contributed by atoms with E-state index >= 15 is 0 Å². The van der Waals surface area contributed by atoms with Gasteiger partial charge in [0.15, 0.2) is 0 Å². The molecule has 1 fully saturated rings. The number of phenolic OH excluding ortho intramolecular Hbond substituents is 1. The second-order valence-corrected chi connectivity index (χ2v) is 9.59. The van der Waals surface area contributed by atoms with Crippen molar-refractivity contribution in [2.45, 2.75) is 36.6 Å². The number of phenols is 1. The van der Waals surface area contributed by atoms with E-state index in [1.807, 2.05) is 4.31 Å². The first kappa shape index (κ1) is 24.2. The maximum Gasteiger partial charge on any atom is 0.416 e. The molecular formula is C24H23F3N2O4S. The Morgan fingerprint density at radius 2 is 1.71 bits per heavy atom. The zero-order valence-electron chi connectivity index (χ0n) is 18.0. The van der Waals surface area contributed by atoms with E-state index < -0.39 is 34.4 Å². The number of alkyl halides is 3. The second kappa shape index (κ2) is 9.73. The Morgan fingerprint density at radius 1 is 1.00 bits per heavy atom. The Bertz CT molecular complexity index is 1270. The first-order valence-corrected chi connectivity index (χ1v) is 11.8. The predicted molar refractivity (Wildman–Crippen MR) is 121 cm³/mol.